The summed E-state index contributed by atoms with van der Waals surface area (Å²) in [5.41, 5.74) is 0.868. The number of ether oxygens (including phenoxy) is 1. The Labute approximate surface area is 128 Å². The van der Waals surface area contributed by atoms with Crippen molar-refractivity contribution in [3.63, 3.8) is 0 Å². The predicted molar refractivity (Wildman–Crippen MR) is 77.5 cm³/mol. The van der Waals surface area contributed by atoms with Crippen LogP contribution in [0, 0.1) is 5.92 Å². The number of rotatable bonds is 2. The quantitative estimate of drug-likeness (QED) is 0.866. The SMILES string of the molecule is O=C(O)[C@@H]1CN(C(=O)N2CCOCC2)C[C@H]1c1cccnc1. The molecular weight excluding hydrogens is 286 g/mol. The summed E-state index contributed by atoms with van der Waals surface area (Å²) >= 11 is 0. The number of carboxylic acids is 1. The third kappa shape index (κ3) is 2.89. The van der Waals surface area contributed by atoms with Crippen LogP contribution in [0.4, 0.5) is 4.79 Å². The summed E-state index contributed by atoms with van der Waals surface area (Å²) < 4.78 is 5.25. The minimum Gasteiger partial charge on any atom is -0.481 e. The van der Waals surface area contributed by atoms with Crippen LogP contribution >= 0.6 is 0 Å². The normalized spacial score (nSPS) is 25.3. The van der Waals surface area contributed by atoms with Crippen LogP contribution in [0.2, 0.25) is 0 Å². The molecule has 22 heavy (non-hydrogen) atoms. The summed E-state index contributed by atoms with van der Waals surface area (Å²) in [5.74, 6) is -1.67. The van der Waals surface area contributed by atoms with Crippen LogP contribution in [0.5, 0.6) is 0 Å². The van der Waals surface area contributed by atoms with Gasteiger partial charge in [-0.3, -0.25) is 9.78 Å². The lowest BCUT2D eigenvalue weighted by Crippen LogP contribution is -2.47. The first-order chi connectivity index (χ1) is 10.7. The second-order valence-electron chi connectivity index (χ2n) is 5.62. The Bertz CT molecular complexity index is 545. The van der Waals surface area contributed by atoms with Crippen molar-refractivity contribution in [2.24, 2.45) is 5.92 Å². The molecule has 2 atom stereocenters. The molecule has 7 nitrogen and oxygen atoms in total. The number of nitrogens with zero attached hydrogens (tertiary/aromatic N) is 3. The number of carbonyl (C=O) groups excluding carboxylic acids is 1. The molecule has 1 aromatic rings. The molecule has 118 valence electrons. The zero-order valence-electron chi connectivity index (χ0n) is 12.2. The van der Waals surface area contributed by atoms with Gasteiger partial charge in [-0.15, -0.1) is 0 Å². The highest BCUT2D eigenvalue weighted by Gasteiger charge is 2.41. The Hall–Kier alpha value is -2.15. The van der Waals surface area contributed by atoms with Gasteiger partial charge in [-0.1, -0.05) is 6.07 Å². The monoisotopic (exact) mass is 305 g/mol. The van der Waals surface area contributed by atoms with Crippen LogP contribution in [-0.2, 0) is 9.53 Å². The Balaban J connectivity index is 1.75. The fourth-order valence-corrected chi connectivity index (χ4v) is 3.10. The van der Waals surface area contributed by atoms with Crippen LogP contribution < -0.4 is 0 Å². The molecule has 3 rings (SSSR count). The van der Waals surface area contributed by atoms with E-state index >= 15 is 0 Å². The molecule has 2 aliphatic rings. The highest BCUT2D eigenvalue weighted by molar-refractivity contribution is 5.78. The molecule has 0 bridgehead atoms. The van der Waals surface area contributed by atoms with Crippen molar-refractivity contribution in [2.75, 3.05) is 39.4 Å². The van der Waals surface area contributed by atoms with Crippen molar-refractivity contribution in [3.05, 3.63) is 30.1 Å². The second-order valence-corrected chi connectivity index (χ2v) is 5.62. The van der Waals surface area contributed by atoms with E-state index in [1.807, 2.05) is 6.07 Å². The number of aliphatic carboxylic acids is 1. The molecule has 3 heterocycles. The molecule has 0 aliphatic carbocycles. The summed E-state index contributed by atoms with van der Waals surface area (Å²) in [6.45, 7) is 2.85. The predicted octanol–water partition coefficient (Wildman–Crippen LogP) is 0.634. The zero-order valence-corrected chi connectivity index (χ0v) is 12.2. The summed E-state index contributed by atoms with van der Waals surface area (Å²) in [5, 5.41) is 9.46. The van der Waals surface area contributed by atoms with Gasteiger partial charge in [0.05, 0.1) is 19.1 Å². The van der Waals surface area contributed by atoms with E-state index in [2.05, 4.69) is 4.98 Å². The number of morpholine rings is 1. The van der Waals surface area contributed by atoms with Crippen LogP contribution in [0.25, 0.3) is 0 Å². The Kier molecular flexibility index (Phi) is 4.24. The molecule has 1 aromatic heterocycles. The molecule has 0 aromatic carbocycles. The number of hydrogen-bond donors (Lipinski definition) is 1. The molecule has 2 fully saturated rings. The van der Waals surface area contributed by atoms with Crippen LogP contribution in [-0.4, -0.2) is 71.3 Å². The van der Waals surface area contributed by atoms with E-state index in [1.165, 1.54) is 0 Å². The van der Waals surface area contributed by atoms with E-state index in [-0.39, 0.29) is 18.5 Å². The van der Waals surface area contributed by atoms with E-state index in [9.17, 15) is 14.7 Å². The van der Waals surface area contributed by atoms with Gasteiger partial charge in [0, 0.05) is 44.5 Å². The number of hydrogen-bond acceptors (Lipinski definition) is 4. The van der Waals surface area contributed by atoms with E-state index < -0.39 is 11.9 Å². The van der Waals surface area contributed by atoms with Crippen molar-refractivity contribution in [2.45, 2.75) is 5.92 Å². The molecule has 0 unspecified atom stereocenters. The maximum Gasteiger partial charge on any atom is 0.320 e. The van der Waals surface area contributed by atoms with E-state index in [4.69, 9.17) is 4.74 Å². The number of amides is 2. The van der Waals surface area contributed by atoms with Crippen molar-refractivity contribution in [1.82, 2.24) is 14.8 Å². The number of carbonyl (C=O) groups is 2. The number of aromatic nitrogens is 1. The number of urea groups is 1. The first kappa shape index (κ1) is 14.8. The summed E-state index contributed by atoms with van der Waals surface area (Å²) in [6.07, 6.45) is 3.34. The molecule has 2 amide bonds. The lowest BCUT2D eigenvalue weighted by Gasteiger charge is -2.31. The molecule has 2 saturated heterocycles. The van der Waals surface area contributed by atoms with Crippen LogP contribution in [0.3, 0.4) is 0 Å². The maximum atomic E-state index is 12.5. The first-order valence-corrected chi connectivity index (χ1v) is 7.41. The van der Waals surface area contributed by atoms with E-state index in [1.54, 1.807) is 28.3 Å². The van der Waals surface area contributed by atoms with Gasteiger partial charge in [-0.25, -0.2) is 4.79 Å². The van der Waals surface area contributed by atoms with Gasteiger partial charge in [-0.2, -0.15) is 0 Å². The maximum absolute atomic E-state index is 12.5. The average Bonchev–Trinajstić information content (AvgIpc) is 3.01. The molecule has 0 saturated carbocycles. The van der Waals surface area contributed by atoms with Crippen molar-refractivity contribution >= 4 is 12.0 Å². The minimum atomic E-state index is -0.869. The Morgan fingerprint density at radius 1 is 1.23 bits per heavy atom. The molecule has 7 heteroatoms. The summed E-state index contributed by atoms with van der Waals surface area (Å²) in [4.78, 5) is 31.5. The van der Waals surface area contributed by atoms with Gasteiger partial charge in [0.25, 0.3) is 0 Å². The largest absolute Gasteiger partial charge is 0.481 e. The molecular formula is C15H19N3O4. The topological polar surface area (TPSA) is 83.0 Å². The summed E-state index contributed by atoms with van der Waals surface area (Å²) in [7, 11) is 0. The standard InChI is InChI=1S/C15H19N3O4/c19-14(20)13-10-18(15(21)17-4-6-22-7-5-17)9-12(13)11-2-1-3-16-8-11/h1-3,8,12-13H,4-7,9-10H2,(H,19,20)/t12-,13+/m0/s1. The van der Waals surface area contributed by atoms with Gasteiger partial charge in [0.15, 0.2) is 0 Å². The lowest BCUT2D eigenvalue weighted by atomic mass is 9.90. The highest BCUT2D eigenvalue weighted by atomic mass is 16.5. The summed E-state index contributed by atoms with van der Waals surface area (Å²) in [6, 6.07) is 3.57. The molecule has 0 radical (unpaired) electrons. The van der Waals surface area contributed by atoms with Gasteiger partial charge < -0.3 is 19.6 Å². The number of carboxylic acid groups (broad SMARTS) is 1. The third-order valence-electron chi connectivity index (χ3n) is 4.30. The van der Waals surface area contributed by atoms with Gasteiger partial charge in [0.2, 0.25) is 0 Å². The van der Waals surface area contributed by atoms with Gasteiger partial charge in [0.1, 0.15) is 0 Å². The second kappa shape index (κ2) is 6.31. The zero-order chi connectivity index (χ0) is 15.5. The van der Waals surface area contributed by atoms with Crippen molar-refractivity contribution < 1.29 is 19.4 Å². The van der Waals surface area contributed by atoms with Crippen LogP contribution in [0.1, 0.15) is 11.5 Å². The van der Waals surface area contributed by atoms with Crippen molar-refractivity contribution in [3.8, 4) is 0 Å². The third-order valence-corrected chi connectivity index (χ3v) is 4.30. The van der Waals surface area contributed by atoms with E-state index in [0.29, 0.717) is 32.8 Å². The minimum absolute atomic E-state index is 0.0964. The molecule has 0 spiro atoms. The lowest BCUT2D eigenvalue weighted by molar-refractivity contribution is -0.141. The number of pyridine rings is 1. The smallest absolute Gasteiger partial charge is 0.320 e. The average molecular weight is 305 g/mol. The van der Waals surface area contributed by atoms with Gasteiger partial charge in [-0.05, 0) is 11.6 Å². The van der Waals surface area contributed by atoms with Gasteiger partial charge >= 0.3 is 12.0 Å². The van der Waals surface area contributed by atoms with E-state index in [0.717, 1.165) is 5.56 Å². The molecule has 2 aliphatic heterocycles. The highest BCUT2D eigenvalue weighted by Crippen LogP contribution is 2.33. The Morgan fingerprint density at radius 3 is 2.64 bits per heavy atom. The molecule has 1 N–H and O–H groups in total. The Morgan fingerprint density at radius 2 is 2.00 bits per heavy atom. The van der Waals surface area contributed by atoms with Crippen LogP contribution in [0.15, 0.2) is 24.5 Å². The fourth-order valence-electron chi connectivity index (χ4n) is 3.10. The first-order valence-electron chi connectivity index (χ1n) is 7.41. The van der Waals surface area contributed by atoms with Crippen molar-refractivity contribution in [1.29, 1.82) is 0 Å². The fraction of sp³-hybridized carbons (Fsp3) is 0.533. The number of likely N-dealkylation sites (tertiary alicyclic amines) is 1.